The number of barbiturate groups is 1. The van der Waals surface area contributed by atoms with Crippen molar-refractivity contribution in [1.29, 1.82) is 0 Å². The second-order valence-electron chi connectivity index (χ2n) is 5.89. The summed E-state index contributed by atoms with van der Waals surface area (Å²) < 4.78 is 0. The molecule has 0 atom stereocenters. The van der Waals surface area contributed by atoms with Crippen molar-refractivity contribution in [3.05, 3.63) is 66.0 Å². The van der Waals surface area contributed by atoms with Crippen LogP contribution in [0.1, 0.15) is 36.2 Å². The van der Waals surface area contributed by atoms with Crippen LogP contribution in [0.2, 0.25) is 0 Å². The quantitative estimate of drug-likeness (QED) is 0.209. The second kappa shape index (κ2) is 12.0. The van der Waals surface area contributed by atoms with Crippen molar-refractivity contribution in [2.75, 3.05) is 6.61 Å². The first kappa shape index (κ1) is 24.4. The molecule has 5 amide bonds. The van der Waals surface area contributed by atoms with Gasteiger partial charge < -0.3 is 5.11 Å². The van der Waals surface area contributed by atoms with Crippen molar-refractivity contribution in [2.24, 2.45) is 5.84 Å². The Bertz CT molecular complexity index is 838. The zero-order valence-electron chi connectivity index (χ0n) is 16.7. The van der Waals surface area contributed by atoms with Crippen molar-refractivity contribution < 1.29 is 24.3 Å². The molecule has 1 fully saturated rings. The molecule has 160 valence electrons. The number of rotatable bonds is 3. The molecule has 0 unspecified atom stereocenters. The highest BCUT2D eigenvalue weighted by atomic mass is 16.2. The van der Waals surface area contributed by atoms with E-state index in [1.165, 1.54) is 12.4 Å². The van der Waals surface area contributed by atoms with E-state index in [2.05, 4.69) is 15.6 Å². The van der Waals surface area contributed by atoms with Gasteiger partial charge in [-0.15, -0.1) is 0 Å². The first-order valence-electron chi connectivity index (χ1n) is 9.11. The highest BCUT2D eigenvalue weighted by Gasteiger charge is 2.50. The van der Waals surface area contributed by atoms with Crippen LogP contribution in [0, 0.1) is 0 Å². The SMILES string of the molecule is CCC1(c2ccccc2)C(=O)NC(=O)NC1=O.CCO.NNC(=O)c1ccncc1. The fraction of sp³-hybridized carbons (Fsp3) is 0.250. The van der Waals surface area contributed by atoms with Gasteiger partial charge in [-0.1, -0.05) is 37.3 Å². The second-order valence-corrected chi connectivity index (χ2v) is 5.89. The van der Waals surface area contributed by atoms with Gasteiger partial charge in [0.05, 0.1) is 0 Å². The van der Waals surface area contributed by atoms with Gasteiger partial charge in [-0.05, 0) is 31.0 Å². The number of nitrogens with two attached hydrogens (primary N) is 1. The number of nitrogen functional groups attached to an aromatic ring is 1. The molecule has 1 aromatic carbocycles. The van der Waals surface area contributed by atoms with Gasteiger partial charge in [0.15, 0.2) is 5.41 Å². The summed E-state index contributed by atoms with van der Waals surface area (Å²) in [5, 5.41) is 11.8. The lowest BCUT2D eigenvalue weighted by Crippen LogP contribution is -2.64. The van der Waals surface area contributed by atoms with Crippen LogP contribution in [0.5, 0.6) is 0 Å². The number of aliphatic hydroxyl groups is 1. The number of carbonyl (C=O) groups excluding carboxylic acids is 4. The first-order chi connectivity index (χ1) is 14.4. The lowest BCUT2D eigenvalue weighted by Gasteiger charge is -2.33. The van der Waals surface area contributed by atoms with Gasteiger partial charge in [-0.2, -0.15) is 0 Å². The van der Waals surface area contributed by atoms with Crippen LogP contribution >= 0.6 is 0 Å². The van der Waals surface area contributed by atoms with E-state index in [0.29, 0.717) is 17.5 Å². The van der Waals surface area contributed by atoms with Crippen LogP contribution < -0.4 is 21.9 Å². The highest BCUT2D eigenvalue weighted by Crippen LogP contribution is 2.30. The number of imide groups is 2. The third-order valence-corrected chi connectivity index (χ3v) is 4.10. The van der Waals surface area contributed by atoms with Crippen LogP contribution in [0.4, 0.5) is 4.79 Å². The van der Waals surface area contributed by atoms with Crippen molar-refractivity contribution in [3.8, 4) is 0 Å². The Morgan fingerprint density at radius 3 is 1.97 bits per heavy atom. The van der Waals surface area contributed by atoms with Crippen molar-refractivity contribution in [2.45, 2.75) is 25.7 Å². The number of pyridine rings is 1. The Labute approximate surface area is 173 Å². The minimum atomic E-state index is -1.31. The summed E-state index contributed by atoms with van der Waals surface area (Å²) in [6, 6.07) is 11.1. The van der Waals surface area contributed by atoms with Crippen LogP contribution in [0.15, 0.2) is 54.9 Å². The number of hydrogen-bond donors (Lipinski definition) is 5. The van der Waals surface area contributed by atoms with E-state index in [4.69, 9.17) is 10.9 Å². The molecule has 2 heterocycles. The van der Waals surface area contributed by atoms with E-state index >= 15 is 0 Å². The number of benzene rings is 1. The maximum atomic E-state index is 12.0. The van der Waals surface area contributed by atoms with Gasteiger partial charge in [-0.3, -0.25) is 35.4 Å². The number of aromatic nitrogens is 1. The largest absolute Gasteiger partial charge is 0.397 e. The van der Waals surface area contributed by atoms with E-state index in [1.54, 1.807) is 56.3 Å². The molecule has 3 rings (SSSR count). The van der Waals surface area contributed by atoms with E-state index in [-0.39, 0.29) is 12.5 Å². The smallest absolute Gasteiger partial charge is 0.328 e. The molecule has 0 bridgehead atoms. The summed E-state index contributed by atoms with van der Waals surface area (Å²) in [5.74, 6) is 3.44. The third kappa shape index (κ3) is 5.93. The number of amides is 5. The molecule has 1 aliphatic rings. The highest BCUT2D eigenvalue weighted by molar-refractivity contribution is 6.22. The molecule has 0 spiro atoms. The summed E-state index contributed by atoms with van der Waals surface area (Å²) in [7, 11) is 0. The van der Waals surface area contributed by atoms with Crippen LogP contribution in [-0.4, -0.2) is 40.5 Å². The van der Waals surface area contributed by atoms with Crippen LogP contribution in [0.25, 0.3) is 0 Å². The molecule has 1 aromatic heterocycles. The Hall–Kier alpha value is -3.63. The van der Waals surface area contributed by atoms with Crippen molar-refractivity contribution in [1.82, 2.24) is 21.0 Å². The van der Waals surface area contributed by atoms with Crippen molar-refractivity contribution in [3.63, 3.8) is 0 Å². The standard InChI is InChI=1S/C12H12N2O3.C6H7N3O.C2H6O/c1-2-12(8-6-4-3-5-7-8)9(15)13-11(17)14-10(12)16;7-9-6(10)5-1-3-8-4-2-5;1-2-3/h3-7H,2H2,1H3,(H2,13,14,15,16,17);1-4H,7H2,(H,9,10);3H,2H2,1H3. The monoisotopic (exact) mass is 415 g/mol. The van der Waals surface area contributed by atoms with Crippen LogP contribution in [-0.2, 0) is 15.0 Å². The maximum Gasteiger partial charge on any atom is 0.328 e. The lowest BCUT2D eigenvalue weighted by atomic mass is 9.75. The van der Waals surface area contributed by atoms with Crippen LogP contribution in [0.3, 0.4) is 0 Å². The van der Waals surface area contributed by atoms with Gasteiger partial charge in [0.25, 0.3) is 5.91 Å². The minimum absolute atomic E-state index is 0.250. The maximum absolute atomic E-state index is 12.0. The first-order valence-corrected chi connectivity index (χ1v) is 9.11. The molecule has 30 heavy (non-hydrogen) atoms. The number of hydrazine groups is 1. The summed E-state index contributed by atoms with van der Waals surface area (Å²) in [5.41, 5.74) is 1.80. The summed E-state index contributed by atoms with van der Waals surface area (Å²) in [6.45, 7) is 3.67. The van der Waals surface area contributed by atoms with E-state index in [1.807, 2.05) is 5.43 Å². The molecule has 2 aromatic rings. The Morgan fingerprint density at radius 2 is 1.53 bits per heavy atom. The number of hydrogen-bond acceptors (Lipinski definition) is 7. The summed E-state index contributed by atoms with van der Waals surface area (Å²) in [6.07, 6.45) is 3.36. The molecule has 10 nitrogen and oxygen atoms in total. The zero-order chi connectivity index (χ0) is 22.6. The molecular weight excluding hydrogens is 390 g/mol. The molecule has 0 saturated carbocycles. The molecule has 0 aliphatic carbocycles. The minimum Gasteiger partial charge on any atom is -0.397 e. The Kier molecular flexibility index (Phi) is 9.80. The van der Waals surface area contributed by atoms with Gasteiger partial charge >= 0.3 is 6.03 Å². The van der Waals surface area contributed by atoms with Gasteiger partial charge in [0.1, 0.15) is 0 Å². The molecule has 0 radical (unpaired) electrons. The molecule has 6 N–H and O–H groups in total. The average molecular weight is 415 g/mol. The number of carbonyl (C=O) groups is 4. The summed E-state index contributed by atoms with van der Waals surface area (Å²) >= 11 is 0. The zero-order valence-corrected chi connectivity index (χ0v) is 16.7. The predicted octanol–water partition coefficient (Wildman–Crippen LogP) is 0.384. The Morgan fingerprint density at radius 1 is 1.03 bits per heavy atom. The number of nitrogens with zero attached hydrogens (tertiary/aromatic N) is 1. The lowest BCUT2D eigenvalue weighted by molar-refractivity contribution is -0.138. The number of nitrogens with one attached hydrogen (secondary N) is 3. The van der Waals surface area contributed by atoms with Gasteiger partial charge in [0, 0.05) is 24.6 Å². The number of urea groups is 1. The topological polar surface area (TPSA) is 164 Å². The number of aliphatic hydroxyl groups excluding tert-OH is 1. The fourth-order valence-electron chi connectivity index (χ4n) is 2.65. The molecule has 1 aliphatic heterocycles. The van der Waals surface area contributed by atoms with Gasteiger partial charge in [0.2, 0.25) is 11.8 Å². The van der Waals surface area contributed by atoms with Gasteiger partial charge in [-0.25, -0.2) is 10.6 Å². The average Bonchev–Trinajstić information content (AvgIpc) is 2.76. The molecule has 1 saturated heterocycles. The Balaban J connectivity index is 0.000000294. The third-order valence-electron chi connectivity index (χ3n) is 4.10. The van der Waals surface area contributed by atoms with Crippen molar-refractivity contribution >= 4 is 23.8 Å². The normalized spacial score (nSPS) is 14.1. The van der Waals surface area contributed by atoms with E-state index in [0.717, 1.165) is 0 Å². The molecular formula is C20H25N5O5. The fourth-order valence-corrected chi connectivity index (χ4v) is 2.65. The summed E-state index contributed by atoms with van der Waals surface area (Å²) in [4.78, 5) is 49.5. The van der Waals surface area contributed by atoms with E-state index < -0.39 is 23.3 Å². The predicted molar refractivity (Wildman–Crippen MR) is 109 cm³/mol. The molecule has 10 heteroatoms. The van der Waals surface area contributed by atoms with E-state index in [9.17, 15) is 19.2 Å².